The van der Waals surface area contributed by atoms with Crippen LogP contribution in [0.4, 0.5) is 0 Å². The minimum atomic E-state index is -1.02. The van der Waals surface area contributed by atoms with E-state index in [0.717, 1.165) is 12.0 Å². The SMILES string of the molecule is CCCc1cc(CO)cc(Cl)c1OC(C(=O)OC)c1ccc2c(c1)OCO2. The number of aryl methyl sites for hydroxylation is 1. The van der Waals surface area contributed by atoms with E-state index in [4.69, 9.17) is 30.5 Å². The summed E-state index contributed by atoms with van der Waals surface area (Å²) in [6.45, 7) is 2.04. The highest BCUT2D eigenvalue weighted by atomic mass is 35.5. The number of hydrogen-bond acceptors (Lipinski definition) is 6. The Morgan fingerprint density at radius 2 is 2.04 bits per heavy atom. The molecule has 1 N–H and O–H groups in total. The fraction of sp³-hybridized carbons (Fsp3) is 0.350. The van der Waals surface area contributed by atoms with Gasteiger partial charge in [0, 0.05) is 5.56 Å². The van der Waals surface area contributed by atoms with Crippen LogP contribution in [0.15, 0.2) is 30.3 Å². The number of methoxy groups -OCH3 is 1. The van der Waals surface area contributed by atoms with Crippen LogP contribution in [0.3, 0.4) is 0 Å². The first-order valence-corrected chi connectivity index (χ1v) is 9.01. The van der Waals surface area contributed by atoms with Crippen LogP contribution >= 0.6 is 11.6 Å². The summed E-state index contributed by atoms with van der Waals surface area (Å²) in [7, 11) is 1.30. The second kappa shape index (κ2) is 8.50. The minimum Gasteiger partial charge on any atom is -0.472 e. The molecule has 0 aromatic heterocycles. The average molecular weight is 393 g/mol. The van der Waals surface area contributed by atoms with Gasteiger partial charge in [0.1, 0.15) is 5.75 Å². The zero-order chi connectivity index (χ0) is 19.4. The molecule has 0 aliphatic carbocycles. The van der Waals surface area contributed by atoms with Crippen molar-refractivity contribution in [3.63, 3.8) is 0 Å². The molecular weight excluding hydrogens is 372 g/mol. The largest absolute Gasteiger partial charge is 0.472 e. The van der Waals surface area contributed by atoms with Crippen molar-refractivity contribution in [2.75, 3.05) is 13.9 Å². The molecule has 7 heteroatoms. The highest BCUT2D eigenvalue weighted by Gasteiger charge is 2.28. The molecule has 1 aliphatic heterocycles. The number of ether oxygens (including phenoxy) is 4. The number of carbonyl (C=O) groups is 1. The van der Waals surface area contributed by atoms with Crippen LogP contribution in [-0.4, -0.2) is 25.0 Å². The van der Waals surface area contributed by atoms with Crippen LogP contribution in [0.25, 0.3) is 0 Å². The number of benzene rings is 2. The zero-order valence-electron chi connectivity index (χ0n) is 15.2. The lowest BCUT2D eigenvalue weighted by Gasteiger charge is -2.21. The Balaban J connectivity index is 1.99. The van der Waals surface area contributed by atoms with Crippen molar-refractivity contribution in [2.24, 2.45) is 0 Å². The van der Waals surface area contributed by atoms with Gasteiger partial charge in [0.25, 0.3) is 0 Å². The highest BCUT2D eigenvalue weighted by molar-refractivity contribution is 6.32. The van der Waals surface area contributed by atoms with Gasteiger partial charge in [-0.15, -0.1) is 0 Å². The molecule has 144 valence electrons. The van der Waals surface area contributed by atoms with E-state index in [9.17, 15) is 9.90 Å². The summed E-state index contributed by atoms with van der Waals surface area (Å²) in [5.41, 5.74) is 2.08. The molecule has 1 aliphatic rings. The lowest BCUT2D eigenvalue weighted by atomic mass is 10.0. The molecule has 1 atom stereocenters. The predicted octanol–water partition coefficient (Wildman–Crippen LogP) is 3.81. The van der Waals surface area contributed by atoms with Gasteiger partial charge in [-0.2, -0.15) is 0 Å². The molecule has 1 heterocycles. The van der Waals surface area contributed by atoms with Crippen LogP contribution in [0, 0.1) is 0 Å². The number of halogens is 1. The first-order chi connectivity index (χ1) is 13.1. The van der Waals surface area contributed by atoms with Crippen molar-refractivity contribution in [3.8, 4) is 17.2 Å². The van der Waals surface area contributed by atoms with Crippen LogP contribution < -0.4 is 14.2 Å². The molecule has 2 aromatic carbocycles. The van der Waals surface area contributed by atoms with Crippen molar-refractivity contribution in [3.05, 3.63) is 52.0 Å². The van der Waals surface area contributed by atoms with Crippen LogP contribution in [0.1, 0.15) is 36.1 Å². The molecule has 3 rings (SSSR count). The molecule has 0 saturated carbocycles. The second-order valence-electron chi connectivity index (χ2n) is 6.11. The quantitative estimate of drug-likeness (QED) is 0.722. The fourth-order valence-corrected chi connectivity index (χ4v) is 3.25. The molecule has 0 bridgehead atoms. The van der Waals surface area contributed by atoms with Gasteiger partial charge in [-0.05, 0) is 41.8 Å². The van der Waals surface area contributed by atoms with E-state index in [1.165, 1.54) is 7.11 Å². The van der Waals surface area contributed by atoms with E-state index in [-0.39, 0.29) is 13.4 Å². The fourth-order valence-electron chi connectivity index (χ4n) is 2.94. The third kappa shape index (κ3) is 4.12. The summed E-state index contributed by atoms with van der Waals surface area (Å²) in [6, 6.07) is 8.60. The number of hydrogen-bond donors (Lipinski definition) is 1. The minimum absolute atomic E-state index is 0.126. The molecular formula is C20H21ClO6. The predicted molar refractivity (Wildman–Crippen MR) is 99.3 cm³/mol. The van der Waals surface area contributed by atoms with Gasteiger partial charge < -0.3 is 24.1 Å². The van der Waals surface area contributed by atoms with Crippen LogP contribution in [-0.2, 0) is 22.6 Å². The van der Waals surface area contributed by atoms with Crippen molar-refractivity contribution >= 4 is 17.6 Å². The lowest BCUT2D eigenvalue weighted by molar-refractivity contribution is -0.149. The van der Waals surface area contributed by atoms with E-state index in [1.807, 2.05) is 13.0 Å². The third-order valence-electron chi connectivity index (χ3n) is 4.23. The van der Waals surface area contributed by atoms with E-state index in [0.29, 0.717) is 39.8 Å². The maximum absolute atomic E-state index is 12.4. The standard InChI is InChI=1S/C20H21ClO6/c1-3-4-13-7-12(10-22)8-15(21)18(13)27-19(20(23)24-2)14-5-6-16-17(9-14)26-11-25-16/h5-9,19,22H,3-4,10-11H2,1-2H3. The first kappa shape index (κ1) is 19.3. The van der Waals surface area contributed by atoms with Gasteiger partial charge in [0.15, 0.2) is 11.5 Å². The number of aliphatic hydroxyl groups excluding tert-OH is 1. The van der Waals surface area contributed by atoms with Gasteiger partial charge in [-0.3, -0.25) is 0 Å². The maximum Gasteiger partial charge on any atom is 0.351 e. The summed E-state index contributed by atoms with van der Waals surface area (Å²) < 4.78 is 21.7. The molecule has 27 heavy (non-hydrogen) atoms. The Labute approximate surface area is 162 Å². The molecule has 0 saturated heterocycles. The lowest BCUT2D eigenvalue weighted by Crippen LogP contribution is -2.21. The molecule has 6 nitrogen and oxygen atoms in total. The normalized spacial score (nSPS) is 13.3. The highest BCUT2D eigenvalue weighted by Crippen LogP contribution is 2.38. The third-order valence-corrected chi connectivity index (χ3v) is 4.51. The maximum atomic E-state index is 12.4. The summed E-state index contributed by atoms with van der Waals surface area (Å²) in [4.78, 5) is 12.4. The Morgan fingerprint density at radius 3 is 2.74 bits per heavy atom. The Bertz CT molecular complexity index is 835. The first-order valence-electron chi connectivity index (χ1n) is 8.63. The molecule has 0 amide bonds. The van der Waals surface area contributed by atoms with Crippen LogP contribution in [0.2, 0.25) is 5.02 Å². The number of fused-ring (bicyclic) bond motifs is 1. The van der Waals surface area contributed by atoms with E-state index in [1.54, 1.807) is 24.3 Å². The summed E-state index contributed by atoms with van der Waals surface area (Å²) >= 11 is 6.39. The Morgan fingerprint density at radius 1 is 1.26 bits per heavy atom. The topological polar surface area (TPSA) is 74.2 Å². The summed E-state index contributed by atoms with van der Waals surface area (Å²) in [5, 5.41) is 9.76. The Hall–Kier alpha value is -2.44. The van der Waals surface area contributed by atoms with E-state index < -0.39 is 12.1 Å². The van der Waals surface area contributed by atoms with Crippen molar-refractivity contribution in [2.45, 2.75) is 32.5 Å². The smallest absolute Gasteiger partial charge is 0.351 e. The number of esters is 1. The summed E-state index contributed by atoms with van der Waals surface area (Å²) in [6.07, 6.45) is 0.532. The molecule has 2 aromatic rings. The molecule has 0 radical (unpaired) electrons. The van der Waals surface area contributed by atoms with Crippen molar-refractivity contribution < 1.29 is 28.8 Å². The van der Waals surface area contributed by atoms with Gasteiger partial charge in [0.2, 0.25) is 12.9 Å². The van der Waals surface area contributed by atoms with E-state index in [2.05, 4.69) is 0 Å². The zero-order valence-corrected chi connectivity index (χ0v) is 15.9. The van der Waals surface area contributed by atoms with Crippen molar-refractivity contribution in [1.82, 2.24) is 0 Å². The monoisotopic (exact) mass is 392 g/mol. The van der Waals surface area contributed by atoms with Gasteiger partial charge >= 0.3 is 5.97 Å². The second-order valence-corrected chi connectivity index (χ2v) is 6.51. The van der Waals surface area contributed by atoms with Crippen LogP contribution in [0.5, 0.6) is 17.2 Å². The van der Waals surface area contributed by atoms with Gasteiger partial charge in [0.05, 0.1) is 18.7 Å². The molecule has 1 unspecified atom stereocenters. The summed E-state index contributed by atoms with van der Waals surface area (Å²) in [5.74, 6) is 1.00. The Kier molecular flexibility index (Phi) is 6.08. The van der Waals surface area contributed by atoms with Gasteiger partial charge in [-0.1, -0.05) is 31.0 Å². The number of aliphatic hydroxyl groups is 1. The molecule has 0 fully saturated rings. The van der Waals surface area contributed by atoms with Crippen molar-refractivity contribution in [1.29, 1.82) is 0 Å². The molecule has 0 spiro atoms. The number of rotatable bonds is 7. The van der Waals surface area contributed by atoms with E-state index >= 15 is 0 Å². The average Bonchev–Trinajstić information content (AvgIpc) is 3.14. The number of carbonyl (C=O) groups excluding carboxylic acids is 1. The van der Waals surface area contributed by atoms with Gasteiger partial charge in [-0.25, -0.2) is 4.79 Å².